The molecule has 2 rings (SSSR count). The quantitative estimate of drug-likeness (QED) is 0.820. The Morgan fingerprint density at radius 2 is 2.29 bits per heavy atom. The summed E-state index contributed by atoms with van der Waals surface area (Å²) in [7, 11) is 0. The lowest BCUT2D eigenvalue weighted by Crippen LogP contribution is -2.30. The van der Waals surface area contributed by atoms with E-state index in [9.17, 15) is 4.39 Å². The Morgan fingerprint density at radius 1 is 1.43 bits per heavy atom. The van der Waals surface area contributed by atoms with Crippen molar-refractivity contribution in [3.8, 4) is 0 Å². The van der Waals surface area contributed by atoms with Crippen molar-refractivity contribution >= 4 is 21.8 Å². The molecule has 1 N–H and O–H groups in total. The Morgan fingerprint density at radius 3 is 2.93 bits per heavy atom. The number of nitrogens with zero attached hydrogens (tertiary/aromatic N) is 1. The highest BCUT2D eigenvalue weighted by Gasteiger charge is 2.11. The molecule has 0 bridgehead atoms. The van der Waals surface area contributed by atoms with Crippen LogP contribution >= 0.6 is 15.9 Å². The molecular weight excluding hydrogens is 247 g/mol. The van der Waals surface area contributed by atoms with Crippen LogP contribution in [0, 0.1) is 5.82 Å². The Hall–Kier alpha value is -0.900. The third kappa shape index (κ3) is 1.95. The smallest absolute Gasteiger partial charge is 0.135 e. The van der Waals surface area contributed by atoms with Crippen molar-refractivity contribution in [2.75, 3.05) is 13.1 Å². The van der Waals surface area contributed by atoms with Gasteiger partial charge in [-0.05, 0) is 24.6 Å². The largest absolute Gasteiger partial charge is 0.370 e. The third-order valence-corrected chi connectivity index (χ3v) is 2.58. The van der Waals surface area contributed by atoms with E-state index in [1.54, 1.807) is 6.07 Å². The van der Waals surface area contributed by atoms with Crippen LogP contribution in [0.2, 0.25) is 0 Å². The summed E-state index contributed by atoms with van der Waals surface area (Å²) >= 11 is 3.22. The van der Waals surface area contributed by atoms with E-state index in [0.29, 0.717) is 11.4 Å². The fraction of sp³-hybridized carbons (Fsp3) is 0.300. The number of amidine groups is 1. The zero-order valence-electron chi connectivity index (χ0n) is 7.56. The Kier molecular flexibility index (Phi) is 2.82. The van der Waals surface area contributed by atoms with Crippen LogP contribution in [0.5, 0.6) is 0 Å². The normalized spacial score (nSPS) is 16.0. The van der Waals surface area contributed by atoms with E-state index in [0.717, 1.165) is 24.0 Å². The molecule has 0 fully saturated rings. The number of hydrogen-bond donors (Lipinski definition) is 1. The minimum absolute atomic E-state index is 0.243. The van der Waals surface area contributed by atoms with Crippen molar-refractivity contribution < 1.29 is 4.39 Å². The first kappa shape index (κ1) is 9.65. The maximum Gasteiger partial charge on any atom is 0.135 e. The summed E-state index contributed by atoms with van der Waals surface area (Å²) in [4.78, 5) is 4.24. The summed E-state index contributed by atoms with van der Waals surface area (Å²) in [6.45, 7) is 1.65. The highest BCUT2D eigenvalue weighted by molar-refractivity contribution is 9.10. The first-order valence-electron chi connectivity index (χ1n) is 4.51. The van der Waals surface area contributed by atoms with Gasteiger partial charge < -0.3 is 5.32 Å². The summed E-state index contributed by atoms with van der Waals surface area (Å²) in [6, 6.07) is 5.00. The van der Waals surface area contributed by atoms with Crippen molar-refractivity contribution in [3.63, 3.8) is 0 Å². The lowest BCUT2D eigenvalue weighted by Gasteiger charge is -2.15. The molecule has 0 spiro atoms. The van der Waals surface area contributed by atoms with Crippen LogP contribution in [0.25, 0.3) is 0 Å². The second-order valence-electron chi connectivity index (χ2n) is 3.13. The summed E-state index contributed by atoms with van der Waals surface area (Å²) in [5, 5.41) is 3.09. The van der Waals surface area contributed by atoms with Gasteiger partial charge in [-0.15, -0.1) is 0 Å². The summed E-state index contributed by atoms with van der Waals surface area (Å²) in [5.74, 6) is 0.425. The predicted octanol–water partition coefficient (Wildman–Crippen LogP) is 2.33. The molecule has 0 aliphatic carbocycles. The van der Waals surface area contributed by atoms with E-state index in [4.69, 9.17) is 0 Å². The van der Waals surface area contributed by atoms with E-state index in [-0.39, 0.29) is 5.82 Å². The van der Waals surface area contributed by atoms with Crippen LogP contribution in [0.15, 0.2) is 27.7 Å². The molecule has 2 nitrogen and oxygen atoms in total. The molecule has 1 aliphatic heterocycles. The molecule has 14 heavy (non-hydrogen) atoms. The molecule has 1 aromatic carbocycles. The molecule has 0 unspecified atom stereocenters. The maximum atomic E-state index is 13.5. The van der Waals surface area contributed by atoms with Gasteiger partial charge in [0.15, 0.2) is 0 Å². The molecule has 1 heterocycles. The summed E-state index contributed by atoms with van der Waals surface area (Å²) < 4.78 is 14.2. The average Bonchev–Trinajstić information content (AvgIpc) is 2.19. The number of nitrogens with one attached hydrogen (secondary N) is 1. The highest BCUT2D eigenvalue weighted by Crippen LogP contribution is 2.16. The van der Waals surface area contributed by atoms with E-state index in [2.05, 4.69) is 26.2 Å². The van der Waals surface area contributed by atoms with E-state index in [1.165, 1.54) is 6.07 Å². The molecular formula is C10H10BrFN2. The highest BCUT2D eigenvalue weighted by atomic mass is 79.9. The van der Waals surface area contributed by atoms with Gasteiger partial charge in [-0.25, -0.2) is 4.39 Å². The average molecular weight is 257 g/mol. The molecule has 74 valence electrons. The van der Waals surface area contributed by atoms with Crippen molar-refractivity contribution in [2.24, 2.45) is 4.99 Å². The van der Waals surface area contributed by atoms with Crippen LogP contribution in [0.1, 0.15) is 12.0 Å². The van der Waals surface area contributed by atoms with E-state index < -0.39 is 0 Å². The molecule has 1 aliphatic rings. The van der Waals surface area contributed by atoms with Crippen molar-refractivity contribution in [3.05, 3.63) is 34.1 Å². The molecule has 0 atom stereocenters. The van der Waals surface area contributed by atoms with Crippen LogP contribution < -0.4 is 5.32 Å². The minimum Gasteiger partial charge on any atom is -0.370 e. The first-order valence-corrected chi connectivity index (χ1v) is 5.30. The lowest BCUT2D eigenvalue weighted by molar-refractivity contribution is 0.620. The zero-order valence-corrected chi connectivity index (χ0v) is 9.14. The second-order valence-corrected chi connectivity index (χ2v) is 4.05. The van der Waals surface area contributed by atoms with Crippen LogP contribution in [-0.4, -0.2) is 18.9 Å². The summed E-state index contributed by atoms with van der Waals surface area (Å²) in [6.07, 6.45) is 1.02. The zero-order chi connectivity index (χ0) is 9.97. The molecule has 0 amide bonds. The van der Waals surface area contributed by atoms with E-state index in [1.807, 2.05) is 6.07 Å². The number of aliphatic imine (C=N–C) groups is 1. The molecule has 0 aromatic heterocycles. The van der Waals surface area contributed by atoms with Gasteiger partial charge in [-0.2, -0.15) is 0 Å². The topological polar surface area (TPSA) is 24.4 Å². The Balaban J connectivity index is 2.35. The van der Waals surface area contributed by atoms with Gasteiger partial charge in [-0.1, -0.05) is 15.9 Å². The fourth-order valence-electron chi connectivity index (χ4n) is 1.39. The molecule has 0 radical (unpaired) electrons. The Labute approximate surface area is 90.4 Å². The van der Waals surface area contributed by atoms with Gasteiger partial charge in [0.1, 0.15) is 11.7 Å². The maximum absolute atomic E-state index is 13.5. The van der Waals surface area contributed by atoms with E-state index >= 15 is 0 Å². The second kappa shape index (κ2) is 4.09. The molecule has 4 heteroatoms. The predicted molar refractivity (Wildman–Crippen MR) is 58.1 cm³/mol. The molecule has 0 saturated heterocycles. The number of rotatable bonds is 1. The monoisotopic (exact) mass is 256 g/mol. The molecule has 1 aromatic rings. The minimum atomic E-state index is -0.243. The van der Waals surface area contributed by atoms with Crippen molar-refractivity contribution in [2.45, 2.75) is 6.42 Å². The number of hydrogen-bond acceptors (Lipinski definition) is 2. The summed E-state index contributed by atoms with van der Waals surface area (Å²) in [5.41, 5.74) is 0.549. The molecule has 0 saturated carbocycles. The fourth-order valence-corrected chi connectivity index (χ4v) is 1.73. The van der Waals surface area contributed by atoms with Crippen molar-refractivity contribution in [1.82, 2.24) is 5.32 Å². The lowest BCUT2D eigenvalue weighted by atomic mass is 10.1. The van der Waals surface area contributed by atoms with Gasteiger partial charge >= 0.3 is 0 Å². The van der Waals surface area contributed by atoms with Gasteiger partial charge in [0.2, 0.25) is 0 Å². The van der Waals surface area contributed by atoms with Crippen molar-refractivity contribution in [1.29, 1.82) is 0 Å². The van der Waals surface area contributed by atoms with Gasteiger partial charge in [0.25, 0.3) is 0 Å². The standard InChI is InChI=1S/C10H10BrFN2/c11-7-2-3-8(9(12)6-7)10-13-4-1-5-14-10/h2-3,6H,1,4-5H2,(H,13,14). The Bertz CT molecular complexity index is 376. The van der Waals surface area contributed by atoms with Gasteiger partial charge in [0, 0.05) is 17.6 Å². The number of halogens is 2. The number of benzene rings is 1. The van der Waals surface area contributed by atoms with Crippen LogP contribution in [-0.2, 0) is 0 Å². The third-order valence-electron chi connectivity index (χ3n) is 2.08. The SMILES string of the molecule is Fc1cc(Br)ccc1C1=NCCCN1. The van der Waals surface area contributed by atoms with Gasteiger partial charge in [0.05, 0.1) is 5.56 Å². The van der Waals surface area contributed by atoms with Gasteiger partial charge in [-0.3, -0.25) is 4.99 Å². The first-order chi connectivity index (χ1) is 6.77. The van der Waals surface area contributed by atoms with Crippen LogP contribution in [0.3, 0.4) is 0 Å². The van der Waals surface area contributed by atoms with Crippen LogP contribution in [0.4, 0.5) is 4.39 Å².